The molecule has 1 heterocycles. The maximum absolute atomic E-state index is 13.3. The van der Waals surface area contributed by atoms with Gasteiger partial charge in [0.25, 0.3) is 10.0 Å². The lowest BCUT2D eigenvalue weighted by Gasteiger charge is -2.27. The lowest BCUT2D eigenvalue weighted by molar-refractivity contribution is 0.0696. The second kappa shape index (κ2) is 14.0. The highest BCUT2D eigenvalue weighted by molar-refractivity contribution is 14.1. The zero-order valence-electron chi connectivity index (χ0n) is 25.4. The van der Waals surface area contributed by atoms with Crippen LogP contribution in [0.5, 0.6) is 5.88 Å². The number of hydrogen-bond acceptors (Lipinski definition) is 7. The van der Waals surface area contributed by atoms with Crippen LogP contribution < -0.4 is 14.8 Å². The lowest BCUT2D eigenvalue weighted by Crippen LogP contribution is -2.37. The Morgan fingerprint density at radius 1 is 0.977 bits per heavy atom. The van der Waals surface area contributed by atoms with Crippen LogP contribution in [0.2, 0.25) is 0 Å². The van der Waals surface area contributed by atoms with Crippen molar-refractivity contribution in [3.63, 3.8) is 0 Å². The molecule has 3 N–H and O–H groups in total. The molecule has 232 valence electrons. The number of benzene rings is 3. The molecule has 0 spiro atoms. The zero-order chi connectivity index (χ0) is 32.1. The standard InChI is InChI=1S/C33H37IN4O5S/c1-21-8-6-9-22(2)30(21)28-17-29(37-32(36-28)38-44(41,42)27-11-7-10-24(16-27)31(39)40)43-20-26(18-33(3,4)5)35-19-23-12-14-25(34)15-13-23/h6-17,26,35H,18-20H2,1-5H3,(H,39,40)(H,36,37,38)/t26-/m1/s1. The van der Waals surface area contributed by atoms with Crippen molar-refractivity contribution in [1.82, 2.24) is 15.3 Å². The van der Waals surface area contributed by atoms with Gasteiger partial charge in [0.05, 0.1) is 16.2 Å². The van der Waals surface area contributed by atoms with Gasteiger partial charge in [-0.1, -0.05) is 57.2 Å². The van der Waals surface area contributed by atoms with E-state index in [-0.39, 0.29) is 40.4 Å². The molecule has 0 fully saturated rings. The molecule has 0 bridgehead atoms. The molecule has 9 nitrogen and oxygen atoms in total. The molecule has 0 radical (unpaired) electrons. The van der Waals surface area contributed by atoms with Gasteiger partial charge in [0, 0.05) is 27.8 Å². The van der Waals surface area contributed by atoms with Crippen molar-refractivity contribution in [3.05, 3.63) is 98.6 Å². The summed E-state index contributed by atoms with van der Waals surface area (Å²) in [5.41, 5.74) is 4.30. The van der Waals surface area contributed by atoms with E-state index in [0.29, 0.717) is 12.2 Å². The maximum Gasteiger partial charge on any atom is 0.335 e. The maximum atomic E-state index is 13.3. The minimum absolute atomic E-state index is 0.0213. The quantitative estimate of drug-likeness (QED) is 0.135. The molecule has 0 unspecified atom stereocenters. The number of anilines is 1. The first kappa shape index (κ1) is 33.3. The van der Waals surface area contributed by atoms with Crippen LogP contribution in [0.1, 0.15) is 54.2 Å². The van der Waals surface area contributed by atoms with Crippen molar-refractivity contribution in [2.45, 2.75) is 58.5 Å². The summed E-state index contributed by atoms with van der Waals surface area (Å²) < 4.78 is 36.4. The number of sulfonamides is 1. The summed E-state index contributed by atoms with van der Waals surface area (Å²) in [5, 5.41) is 12.9. The Kier molecular flexibility index (Phi) is 10.6. The number of aromatic nitrogens is 2. The summed E-state index contributed by atoms with van der Waals surface area (Å²) >= 11 is 2.29. The van der Waals surface area contributed by atoms with E-state index in [2.05, 4.69) is 87.6 Å². The normalized spacial score (nSPS) is 12.5. The molecular formula is C33H37IN4O5S. The van der Waals surface area contributed by atoms with Crippen LogP contribution in [0.25, 0.3) is 11.3 Å². The molecule has 0 aliphatic heterocycles. The molecule has 0 saturated heterocycles. The largest absolute Gasteiger partial charge is 0.478 e. The molecule has 44 heavy (non-hydrogen) atoms. The highest BCUT2D eigenvalue weighted by Crippen LogP contribution is 2.30. The third kappa shape index (κ3) is 9.23. The van der Waals surface area contributed by atoms with Crippen molar-refractivity contribution in [2.24, 2.45) is 5.41 Å². The van der Waals surface area contributed by atoms with Crippen molar-refractivity contribution in [2.75, 3.05) is 11.3 Å². The third-order valence-corrected chi connectivity index (χ3v) is 8.90. The molecule has 0 aliphatic carbocycles. The fourth-order valence-corrected chi connectivity index (χ4v) is 6.20. The summed E-state index contributed by atoms with van der Waals surface area (Å²) in [4.78, 5) is 20.2. The number of carboxylic acid groups (broad SMARTS) is 1. The molecule has 3 aromatic carbocycles. The Hall–Kier alpha value is -3.55. The predicted molar refractivity (Wildman–Crippen MR) is 181 cm³/mol. The molecule has 0 aliphatic rings. The first-order valence-electron chi connectivity index (χ1n) is 14.1. The van der Waals surface area contributed by atoms with Gasteiger partial charge in [0.2, 0.25) is 11.8 Å². The van der Waals surface area contributed by atoms with E-state index >= 15 is 0 Å². The Labute approximate surface area is 272 Å². The smallest absolute Gasteiger partial charge is 0.335 e. The van der Waals surface area contributed by atoms with E-state index < -0.39 is 16.0 Å². The predicted octanol–water partition coefficient (Wildman–Crippen LogP) is 6.84. The number of hydrogen-bond donors (Lipinski definition) is 3. The van der Waals surface area contributed by atoms with Crippen LogP contribution in [0, 0.1) is 22.8 Å². The van der Waals surface area contributed by atoms with E-state index in [0.717, 1.165) is 34.7 Å². The van der Waals surface area contributed by atoms with Gasteiger partial charge < -0.3 is 15.2 Å². The van der Waals surface area contributed by atoms with Crippen LogP contribution in [-0.2, 0) is 16.6 Å². The molecule has 0 saturated carbocycles. The van der Waals surface area contributed by atoms with Gasteiger partial charge in [0.15, 0.2) is 0 Å². The SMILES string of the molecule is Cc1cccc(C)c1-c1cc(OC[C@@H](CC(C)(C)C)NCc2ccc(I)cc2)nc(NS(=O)(=O)c2cccc(C(=O)O)c2)n1. The van der Waals surface area contributed by atoms with Crippen molar-refractivity contribution in [1.29, 1.82) is 0 Å². The first-order valence-corrected chi connectivity index (χ1v) is 16.7. The Morgan fingerprint density at radius 2 is 1.64 bits per heavy atom. The first-order chi connectivity index (χ1) is 20.7. The number of carbonyl (C=O) groups is 1. The number of aryl methyl sites for hydroxylation is 2. The second-order valence-corrected chi connectivity index (χ2v) is 14.8. The summed E-state index contributed by atoms with van der Waals surface area (Å²) in [5.74, 6) is -1.20. The van der Waals surface area contributed by atoms with E-state index in [1.165, 1.54) is 21.8 Å². The van der Waals surface area contributed by atoms with Gasteiger partial charge in [0.1, 0.15) is 6.61 Å². The van der Waals surface area contributed by atoms with E-state index in [4.69, 9.17) is 4.74 Å². The topological polar surface area (TPSA) is 131 Å². The van der Waals surface area contributed by atoms with Gasteiger partial charge >= 0.3 is 5.97 Å². The summed E-state index contributed by atoms with van der Waals surface area (Å²) in [7, 11) is -4.21. The molecule has 4 aromatic rings. The highest BCUT2D eigenvalue weighted by atomic mass is 127. The lowest BCUT2D eigenvalue weighted by atomic mass is 9.88. The molecule has 1 aromatic heterocycles. The highest BCUT2D eigenvalue weighted by Gasteiger charge is 2.22. The van der Waals surface area contributed by atoms with Crippen molar-refractivity contribution >= 4 is 44.5 Å². The average Bonchev–Trinajstić information content (AvgIpc) is 2.94. The van der Waals surface area contributed by atoms with Crippen molar-refractivity contribution < 1.29 is 23.1 Å². The zero-order valence-corrected chi connectivity index (χ0v) is 28.4. The number of ether oxygens (including phenoxy) is 1. The van der Waals surface area contributed by atoms with Gasteiger partial charge in [-0.2, -0.15) is 4.98 Å². The average molecular weight is 729 g/mol. The second-order valence-electron chi connectivity index (χ2n) is 11.9. The number of rotatable bonds is 12. The Morgan fingerprint density at radius 3 is 2.27 bits per heavy atom. The van der Waals surface area contributed by atoms with Gasteiger partial charge in [-0.15, -0.1) is 0 Å². The summed E-state index contributed by atoms with van der Waals surface area (Å²) in [6.45, 7) is 11.4. The minimum Gasteiger partial charge on any atom is -0.478 e. The molecule has 0 amide bonds. The van der Waals surface area contributed by atoms with Gasteiger partial charge in [-0.25, -0.2) is 22.9 Å². The summed E-state index contributed by atoms with van der Waals surface area (Å²) in [6, 6.07) is 21.0. The number of carboxylic acids is 1. The molecule has 11 heteroatoms. The Balaban J connectivity index is 1.65. The monoisotopic (exact) mass is 728 g/mol. The van der Waals surface area contributed by atoms with E-state index in [9.17, 15) is 18.3 Å². The van der Waals surface area contributed by atoms with Crippen LogP contribution in [0.3, 0.4) is 0 Å². The molecular weight excluding hydrogens is 691 g/mol. The van der Waals surface area contributed by atoms with Crippen molar-refractivity contribution in [3.8, 4) is 17.1 Å². The Bertz CT molecular complexity index is 1720. The number of nitrogens with zero attached hydrogens (tertiary/aromatic N) is 2. The van der Waals surface area contributed by atoms with E-state index in [1.807, 2.05) is 32.0 Å². The minimum atomic E-state index is -4.21. The van der Waals surface area contributed by atoms with Crippen LogP contribution in [0.15, 0.2) is 77.7 Å². The third-order valence-electron chi connectivity index (χ3n) is 6.86. The molecule has 1 atom stereocenters. The fourth-order valence-electron chi connectivity index (χ4n) is 4.85. The number of halogens is 1. The van der Waals surface area contributed by atoms with Crippen LogP contribution in [-0.4, -0.2) is 42.1 Å². The van der Waals surface area contributed by atoms with E-state index in [1.54, 1.807) is 6.07 Å². The van der Waals surface area contributed by atoms with Gasteiger partial charge in [-0.3, -0.25) is 0 Å². The van der Waals surface area contributed by atoms with Gasteiger partial charge in [-0.05, 0) is 95.3 Å². The molecule has 4 rings (SSSR count). The number of nitrogens with one attached hydrogen (secondary N) is 2. The van der Waals surface area contributed by atoms with Crippen LogP contribution in [0.4, 0.5) is 5.95 Å². The number of aromatic carboxylic acids is 1. The fraction of sp³-hybridized carbons (Fsp3) is 0.303. The van der Waals surface area contributed by atoms with Crippen LogP contribution >= 0.6 is 22.6 Å². The summed E-state index contributed by atoms with van der Waals surface area (Å²) in [6.07, 6.45) is 0.825.